The van der Waals surface area contributed by atoms with E-state index in [-0.39, 0.29) is 6.42 Å². The maximum Gasteiger partial charge on any atom is 0.303 e. The SMILES string of the molecule is Nc1ccc(CCC(=O)O)s1. The Hall–Kier alpha value is -1.03. The summed E-state index contributed by atoms with van der Waals surface area (Å²) in [6.45, 7) is 0. The van der Waals surface area contributed by atoms with Crippen molar-refractivity contribution in [1.82, 2.24) is 0 Å². The van der Waals surface area contributed by atoms with Crippen molar-refractivity contribution in [3.63, 3.8) is 0 Å². The number of carbonyl (C=O) groups is 1. The standard InChI is InChI=1S/C7H9NO2S/c8-6-3-1-5(11-6)2-4-7(9)10/h1,3H,2,4,8H2,(H,9,10). The van der Waals surface area contributed by atoms with Crippen LogP contribution in [0.5, 0.6) is 0 Å². The molecule has 1 heterocycles. The third-order valence-electron chi connectivity index (χ3n) is 1.27. The first-order valence-corrected chi connectivity index (χ1v) is 4.06. The average Bonchev–Trinajstić information content (AvgIpc) is 2.31. The molecule has 11 heavy (non-hydrogen) atoms. The molecule has 0 spiro atoms. The third-order valence-corrected chi connectivity index (χ3v) is 2.24. The van der Waals surface area contributed by atoms with E-state index in [1.54, 1.807) is 6.07 Å². The monoisotopic (exact) mass is 171 g/mol. The summed E-state index contributed by atoms with van der Waals surface area (Å²) in [4.78, 5) is 11.2. The molecule has 0 atom stereocenters. The molecule has 0 aliphatic heterocycles. The third kappa shape index (κ3) is 2.59. The molecule has 0 aliphatic carbocycles. The highest BCUT2D eigenvalue weighted by Gasteiger charge is 2.00. The van der Waals surface area contributed by atoms with Crippen LogP contribution >= 0.6 is 11.3 Å². The van der Waals surface area contributed by atoms with E-state index in [4.69, 9.17) is 10.8 Å². The molecule has 1 aromatic rings. The Morgan fingerprint density at radius 1 is 1.64 bits per heavy atom. The quantitative estimate of drug-likeness (QED) is 0.721. The Bertz CT molecular complexity index is 257. The van der Waals surface area contributed by atoms with Crippen molar-refractivity contribution in [3.8, 4) is 0 Å². The number of thiophene rings is 1. The topological polar surface area (TPSA) is 63.3 Å². The summed E-state index contributed by atoms with van der Waals surface area (Å²) in [5, 5.41) is 9.10. The summed E-state index contributed by atoms with van der Waals surface area (Å²) in [6.07, 6.45) is 0.761. The number of nitrogen functional groups attached to an aromatic ring is 1. The van der Waals surface area contributed by atoms with Gasteiger partial charge >= 0.3 is 5.97 Å². The smallest absolute Gasteiger partial charge is 0.303 e. The second-order valence-electron chi connectivity index (χ2n) is 2.20. The molecule has 0 bridgehead atoms. The van der Waals surface area contributed by atoms with Gasteiger partial charge < -0.3 is 10.8 Å². The zero-order chi connectivity index (χ0) is 8.27. The van der Waals surface area contributed by atoms with Crippen LogP contribution in [0.2, 0.25) is 0 Å². The lowest BCUT2D eigenvalue weighted by molar-refractivity contribution is -0.136. The predicted molar refractivity (Wildman–Crippen MR) is 44.7 cm³/mol. The molecule has 0 unspecified atom stereocenters. The highest BCUT2D eigenvalue weighted by Crippen LogP contribution is 2.19. The number of anilines is 1. The molecule has 60 valence electrons. The zero-order valence-corrected chi connectivity index (χ0v) is 6.73. The highest BCUT2D eigenvalue weighted by atomic mass is 32.1. The van der Waals surface area contributed by atoms with Crippen LogP contribution in [0, 0.1) is 0 Å². The lowest BCUT2D eigenvalue weighted by Crippen LogP contribution is -1.95. The van der Waals surface area contributed by atoms with Crippen molar-refractivity contribution in [3.05, 3.63) is 17.0 Å². The summed E-state index contributed by atoms with van der Waals surface area (Å²) >= 11 is 1.44. The maximum absolute atomic E-state index is 10.2. The van der Waals surface area contributed by atoms with Gasteiger partial charge in [-0.2, -0.15) is 0 Å². The molecule has 0 aliphatic rings. The molecule has 0 radical (unpaired) electrons. The first-order chi connectivity index (χ1) is 5.18. The van der Waals surface area contributed by atoms with E-state index < -0.39 is 5.97 Å². The first-order valence-electron chi connectivity index (χ1n) is 3.24. The molecule has 1 aromatic heterocycles. The average molecular weight is 171 g/mol. The molecular weight excluding hydrogens is 162 g/mol. The Kier molecular flexibility index (Phi) is 2.48. The lowest BCUT2D eigenvalue weighted by Gasteiger charge is -1.90. The minimum atomic E-state index is -0.767. The van der Waals surface area contributed by atoms with Crippen LogP contribution in [0.1, 0.15) is 11.3 Å². The number of aliphatic carboxylic acids is 1. The number of hydrogen-bond donors (Lipinski definition) is 2. The van der Waals surface area contributed by atoms with Crippen LogP contribution in [0.3, 0.4) is 0 Å². The molecule has 0 saturated heterocycles. The number of carboxylic acids is 1. The van der Waals surface area contributed by atoms with Gasteiger partial charge in [-0.3, -0.25) is 4.79 Å². The van der Waals surface area contributed by atoms with Crippen molar-refractivity contribution < 1.29 is 9.90 Å². The molecule has 3 nitrogen and oxygen atoms in total. The zero-order valence-electron chi connectivity index (χ0n) is 5.91. The van der Waals surface area contributed by atoms with E-state index >= 15 is 0 Å². The Morgan fingerprint density at radius 3 is 2.82 bits per heavy atom. The Morgan fingerprint density at radius 2 is 2.36 bits per heavy atom. The van der Waals surface area contributed by atoms with Crippen LogP contribution in [-0.4, -0.2) is 11.1 Å². The van der Waals surface area contributed by atoms with Crippen LogP contribution in [0.4, 0.5) is 5.00 Å². The van der Waals surface area contributed by atoms with E-state index in [0.29, 0.717) is 6.42 Å². The number of carboxylic acid groups (broad SMARTS) is 1. The van der Waals surface area contributed by atoms with Crippen molar-refractivity contribution in [2.45, 2.75) is 12.8 Å². The number of nitrogens with two attached hydrogens (primary N) is 1. The molecular formula is C7H9NO2S. The van der Waals surface area contributed by atoms with E-state index in [0.717, 1.165) is 9.88 Å². The van der Waals surface area contributed by atoms with Gasteiger partial charge in [-0.1, -0.05) is 0 Å². The van der Waals surface area contributed by atoms with Crippen LogP contribution < -0.4 is 5.73 Å². The van der Waals surface area contributed by atoms with Gasteiger partial charge in [-0.15, -0.1) is 11.3 Å². The highest BCUT2D eigenvalue weighted by molar-refractivity contribution is 7.15. The van der Waals surface area contributed by atoms with Crippen molar-refractivity contribution in [2.24, 2.45) is 0 Å². The molecule has 3 N–H and O–H groups in total. The minimum absolute atomic E-state index is 0.181. The van der Waals surface area contributed by atoms with Gasteiger partial charge in [0, 0.05) is 4.88 Å². The normalized spacial score (nSPS) is 9.82. The Balaban J connectivity index is 2.45. The second kappa shape index (κ2) is 3.39. The van der Waals surface area contributed by atoms with Crippen LogP contribution in [0.25, 0.3) is 0 Å². The first kappa shape index (κ1) is 8.07. The van der Waals surface area contributed by atoms with Gasteiger partial charge in [0.05, 0.1) is 11.4 Å². The summed E-state index contributed by atoms with van der Waals surface area (Å²) in [7, 11) is 0. The maximum atomic E-state index is 10.2. The molecule has 4 heteroatoms. The van der Waals surface area contributed by atoms with Gasteiger partial charge in [0.1, 0.15) is 0 Å². The summed E-state index contributed by atoms with van der Waals surface area (Å²) in [5.74, 6) is -0.767. The van der Waals surface area contributed by atoms with Gasteiger partial charge in [-0.05, 0) is 18.6 Å². The summed E-state index contributed by atoms with van der Waals surface area (Å²) in [6, 6.07) is 3.66. The molecule has 0 aromatic carbocycles. The largest absolute Gasteiger partial charge is 0.481 e. The van der Waals surface area contributed by atoms with Gasteiger partial charge in [-0.25, -0.2) is 0 Å². The van der Waals surface area contributed by atoms with E-state index in [9.17, 15) is 4.79 Å². The fourth-order valence-electron chi connectivity index (χ4n) is 0.759. The van der Waals surface area contributed by atoms with E-state index in [1.165, 1.54) is 11.3 Å². The Labute approximate surface area is 68.5 Å². The fourth-order valence-corrected chi connectivity index (χ4v) is 1.54. The minimum Gasteiger partial charge on any atom is -0.481 e. The van der Waals surface area contributed by atoms with Crippen LogP contribution in [0.15, 0.2) is 12.1 Å². The molecule has 0 saturated carbocycles. The number of hydrogen-bond acceptors (Lipinski definition) is 3. The van der Waals surface area contributed by atoms with Gasteiger partial charge in [0.25, 0.3) is 0 Å². The van der Waals surface area contributed by atoms with E-state index in [1.807, 2.05) is 6.07 Å². The van der Waals surface area contributed by atoms with Crippen molar-refractivity contribution >= 4 is 22.3 Å². The molecule has 1 rings (SSSR count). The molecule has 0 fully saturated rings. The van der Waals surface area contributed by atoms with Crippen LogP contribution in [-0.2, 0) is 11.2 Å². The van der Waals surface area contributed by atoms with E-state index in [2.05, 4.69) is 0 Å². The predicted octanol–water partition coefficient (Wildman–Crippen LogP) is 1.35. The lowest BCUT2D eigenvalue weighted by atomic mass is 10.3. The molecule has 0 amide bonds. The second-order valence-corrected chi connectivity index (χ2v) is 3.40. The number of rotatable bonds is 3. The summed E-state index contributed by atoms with van der Waals surface area (Å²) in [5.41, 5.74) is 5.46. The summed E-state index contributed by atoms with van der Waals surface area (Å²) < 4.78 is 0. The van der Waals surface area contributed by atoms with Gasteiger partial charge in [0.2, 0.25) is 0 Å². The van der Waals surface area contributed by atoms with Gasteiger partial charge in [0.15, 0.2) is 0 Å². The number of aryl methyl sites for hydroxylation is 1. The fraction of sp³-hybridized carbons (Fsp3) is 0.286. The van der Waals surface area contributed by atoms with Crippen molar-refractivity contribution in [1.29, 1.82) is 0 Å². The van der Waals surface area contributed by atoms with Crippen molar-refractivity contribution in [2.75, 3.05) is 5.73 Å².